The van der Waals surface area contributed by atoms with Crippen molar-refractivity contribution in [3.05, 3.63) is 47.8 Å². The zero-order valence-corrected chi connectivity index (χ0v) is 13.2. The minimum absolute atomic E-state index is 0.312. The fraction of sp³-hybridized carbons (Fsp3) is 0.471. The Labute approximate surface area is 118 Å². The number of ether oxygens (including phenoxy) is 1. The highest BCUT2D eigenvalue weighted by Gasteiger charge is 2.35. The van der Waals surface area contributed by atoms with Crippen LogP contribution in [0.2, 0.25) is 0 Å². The molecule has 0 bridgehead atoms. The summed E-state index contributed by atoms with van der Waals surface area (Å²) < 4.78 is 5.42. The smallest absolute Gasteiger partial charge is 0.105 e. The number of aromatic nitrogens is 1. The number of hydrogen-bond acceptors (Lipinski definition) is 2. The van der Waals surface area contributed by atoms with Crippen LogP contribution in [0, 0.1) is 13.8 Å². The van der Waals surface area contributed by atoms with Crippen LogP contribution in [0.25, 0.3) is 6.08 Å². The van der Waals surface area contributed by atoms with Gasteiger partial charge in [-0.3, -0.25) is 4.98 Å². The lowest BCUT2D eigenvalue weighted by atomic mass is 10.1. The van der Waals surface area contributed by atoms with E-state index in [1.165, 1.54) is 11.1 Å². The first-order valence-electron chi connectivity index (χ1n) is 6.86. The number of epoxide rings is 1. The van der Waals surface area contributed by atoms with Crippen LogP contribution in [0.15, 0.2) is 30.9 Å². The molecule has 2 heterocycles. The molecule has 1 unspecified atom stereocenters. The van der Waals surface area contributed by atoms with Crippen LogP contribution >= 0.6 is 0 Å². The Kier molecular flexibility index (Phi) is 8.01. The fourth-order valence-corrected chi connectivity index (χ4v) is 1.75. The van der Waals surface area contributed by atoms with Crippen LogP contribution in [0.1, 0.15) is 44.6 Å². The minimum atomic E-state index is 0.312. The predicted octanol–water partition coefficient (Wildman–Crippen LogP) is 4.72. The second-order valence-electron chi connectivity index (χ2n) is 4.30. The Morgan fingerprint density at radius 1 is 1.26 bits per heavy atom. The monoisotopic (exact) mass is 261 g/mol. The first kappa shape index (κ1) is 17.6. The van der Waals surface area contributed by atoms with E-state index in [9.17, 15) is 0 Å². The van der Waals surface area contributed by atoms with E-state index in [2.05, 4.69) is 51.1 Å². The van der Waals surface area contributed by atoms with E-state index in [0.29, 0.717) is 12.2 Å². The van der Waals surface area contributed by atoms with Gasteiger partial charge in [-0.15, -0.1) is 13.2 Å². The molecule has 0 spiro atoms. The van der Waals surface area contributed by atoms with Crippen molar-refractivity contribution in [2.24, 2.45) is 0 Å². The quantitative estimate of drug-likeness (QED) is 0.568. The summed E-state index contributed by atoms with van der Waals surface area (Å²) in [5.41, 5.74) is 4.61. The molecule has 0 N–H and O–H groups in total. The van der Waals surface area contributed by atoms with Gasteiger partial charge in [0, 0.05) is 5.69 Å². The van der Waals surface area contributed by atoms with Gasteiger partial charge in [-0.1, -0.05) is 19.9 Å². The summed E-state index contributed by atoms with van der Waals surface area (Å²) in [5, 5.41) is 0. The molecule has 1 aromatic rings. The Balaban J connectivity index is 0.000000741. The van der Waals surface area contributed by atoms with E-state index in [1.54, 1.807) is 0 Å². The summed E-state index contributed by atoms with van der Waals surface area (Å²) in [4.78, 5) is 4.52. The summed E-state index contributed by atoms with van der Waals surface area (Å²) in [6.45, 7) is 18.3. The summed E-state index contributed by atoms with van der Waals surface area (Å²) in [7, 11) is 0. The Bertz CT molecular complexity index is 423. The molecule has 2 nitrogen and oxygen atoms in total. The van der Waals surface area contributed by atoms with Crippen LogP contribution in [0.3, 0.4) is 0 Å². The average molecular weight is 261 g/mol. The van der Waals surface area contributed by atoms with Crippen molar-refractivity contribution in [3.8, 4) is 0 Å². The SMILES string of the molecule is C/C(=C\c1nc(C)ccc1C)C1O[C@H]1C.C=C.CC. The molecular weight excluding hydrogens is 234 g/mol. The molecule has 1 fully saturated rings. The third-order valence-corrected chi connectivity index (χ3v) is 2.80. The molecule has 2 atom stereocenters. The van der Waals surface area contributed by atoms with Crippen molar-refractivity contribution < 1.29 is 4.74 Å². The van der Waals surface area contributed by atoms with Crippen LogP contribution in [-0.2, 0) is 4.74 Å². The van der Waals surface area contributed by atoms with Gasteiger partial charge in [-0.05, 0) is 51.0 Å². The molecule has 0 radical (unpaired) electrons. The van der Waals surface area contributed by atoms with E-state index in [4.69, 9.17) is 4.74 Å². The van der Waals surface area contributed by atoms with Gasteiger partial charge in [0.15, 0.2) is 0 Å². The molecule has 0 saturated carbocycles. The summed E-state index contributed by atoms with van der Waals surface area (Å²) in [5.74, 6) is 0. The van der Waals surface area contributed by atoms with Gasteiger partial charge < -0.3 is 4.74 Å². The molecule has 106 valence electrons. The minimum Gasteiger partial charge on any atom is -0.365 e. The molecule has 0 amide bonds. The maximum absolute atomic E-state index is 5.42. The first-order chi connectivity index (χ1) is 9.08. The number of hydrogen-bond donors (Lipinski definition) is 0. The lowest BCUT2D eigenvalue weighted by Crippen LogP contribution is -1.95. The molecular formula is C17H27NO. The van der Waals surface area contributed by atoms with Crippen LogP contribution < -0.4 is 0 Å². The largest absolute Gasteiger partial charge is 0.365 e. The van der Waals surface area contributed by atoms with Gasteiger partial charge in [0.05, 0.1) is 11.8 Å². The van der Waals surface area contributed by atoms with Crippen molar-refractivity contribution in [1.29, 1.82) is 0 Å². The number of aryl methyl sites for hydroxylation is 2. The molecule has 1 saturated heterocycles. The predicted molar refractivity (Wildman–Crippen MR) is 84.3 cm³/mol. The van der Waals surface area contributed by atoms with Crippen LogP contribution in [0.4, 0.5) is 0 Å². The van der Waals surface area contributed by atoms with E-state index < -0.39 is 0 Å². The summed E-state index contributed by atoms with van der Waals surface area (Å²) >= 11 is 0. The second kappa shape index (κ2) is 8.65. The second-order valence-corrected chi connectivity index (χ2v) is 4.30. The summed E-state index contributed by atoms with van der Waals surface area (Å²) in [6, 6.07) is 4.15. The highest BCUT2D eigenvalue weighted by Crippen LogP contribution is 2.29. The van der Waals surface area contributed by atoms with Crippen LogP contribution in [0.5, 0.6) is 0 Å². The molecule has 0 aromatic carbocycles. The maximum atomic E-state index is 5.42. The van der Waals surface area contributed by atoms with E-state index in [0.717, 1.165) is 11.4 Å². The summed E-state index contributed by atoms with van der Waals surface area (Å²) in [6.07, 6.45) is 2.83. The zero-order valence-electron chi connectivity index (χ0n) is 13.2. The first-order valence-corrected chi connectivity index (χ1v) is 6.86. The molecule has 2 rings (SSSR count). The lowest BCUT2D eigenvalue weighted by molar-refractivity contribution is 0.395. The van der Waals surface area contributed by atoms with Crippen molar-refractivity contribution >= 4 is 6.08 Å². The normalized spacial score (nSPS) is 20.6. The number of pyridine rings is 1. The standard InChI is InChI=1S/C13H17NO.C2H6.C2H4/c1-8-5-6-10(3)14-12(8)7-9(2)13-11(4)15-13;2*1-2/h5-7,11,13H,1-4H3;1-2H3;1-2H2/b9-7+;;/t11-,13?;;/m0../s1. The van der Waals surface area contributed by atoms with E-state index >= 15 is 0 Å². The average Bonchev–Trinajstić information content (AvgIpc) is 3.16. The Morgan fingerprint density at radius 3 is 2.26 bits per heavy atom. The van der Waals surface area contributed by atoms with Gasteiger partial charge in [-0.2, -0.15) is 0 Å². The van der Waals surface area contributed by atoms with Crippen molar-refractivity contribution in [3.63, 3.8) is 0 Å². The molecule has 1 aliphatic rings. The molecule has 1 aliphatic heterocycles. The Morgan fingerprint density at radius 2 is 1.79 bits per heavy atom. The van der Waals surface area contributed by atoms with E-state index in [1.807, 2.05) is 26.8 Å². The van der Waals surface area contributed by atoms with Crippen LogP contribution in [-0.4, -0.2) is 17.2 Å². The van der Waals surface area contributed by atoms with Gasteiger partial charge in [0.2, 0.25) is 0 Å². The van der Waals surface area contributed by atoms with Crippen molar-refractivity contribution in [2.75, 3.05) is 0 Å². The highest BCUT2D eigenvalue weighted by atomic mass is 16.6. The van der Waals surface area contributed by atoms with Crippen molar-refractivity contribution in [2.45, 2.75) is 53.8 Å². The van der Waals surface area contributed by atoms with Gasteiger partial charge in [0.1, 0.15) is 6.10 Å². The van der Waals surface area contributed by atoms with E-state index in [-0.39, 0.29) is 0 Å². The fourth-order valence-electron chi connectivity index (χ4n) is 1.75. The lowest BCUT2D eigenvalue weighted by Gasteiger charge is -2.02. The number of rotatable bonds is 2. The Hall–Kier alpha value is -1.41. The third-order valence-electron chi connectivity index (χ3n) is 2.80. The maximum Gasteiger partial charge on any atom is 0.105 e. The molecule has 19 heavy (non-hydrogen) atoms. The van der Waals surface area contributed by atoms with Gasteiger partial charge in [-0.25, -0.2) is 0 Å². The van der Waals surface area contributed by atoms with Crippen molar-refractivity contribution in [1.82, 2.24) is 4.98 Å². The highest BCUT2D eigenvalue weighted by molar-refractivity contribution is 5.54. The molecule has 0 aliphatic carbocycles. The molecule has 2 heteroatoms. The topological polar surface area (TPSA) is 25.4 Å². The molecule has 1 aromatic heterocycles. The third kappa shape index (κ3) is 5.39. The van der Waals surface area contributed by atoms with Gasteiger partial charge >= 0.3 is 0 Å². The zero-order chi connectivity index (χ0) is 15.0. The van der Waals surface area contributed by atoms with Gasteiger partial charge in [0.25, 0.3) is 0 Å². The number of nitrogens with zero attached hydrogens (tertiary/aromatic N) is 1.